The minimum absolute atomic E-state index is 0.644. The van der Waals surface area contributed by atoms with Crippen LogP contribution in [0.3, 0.4) is 0 Å². The SMILES string of the molecule is CCCC(C)CN(C=O)CC. The first-order valence-electron chi connectivity index (χ1n) is 4.43. The molecule has 0 aliphatic rings. The molecule has 2 heteroatoms. The molecular formula is C9H19NO. The number of nitrogens with zero attached hydrogens (tertiary/aromatic N) is 1. The van der Waals surface area contributed by atoms with Crippen LogP contribution in [0.15, 0.2) is 0 Å². The van der Waals surface area contributed by atoms with Gasteiger partial charge in [-0.1, -0.05) is 20.3 Å². The zero-order valence-electron chi connectivity index (χ0n) is 7.84. The molecule has 0 saturated carbocycles. The van der Waals surface area contributed by atoms with Crippen molar-refractivity contribution in [3.05, 3.63) is 0 Å². The normalized spacial score (nSPS) is 12.6. The number of hydrogen-bond donors (Lipinski definition) is 0. The van der Waals surface area contributed by atoms with Gasteiger partial charge in [0.15, 0.2) is 0 Å². The fourth-order valence-electron chi connectivity index (χ4n) is 1.23. The van der Waals surface area contributed by atoms with Crippen LogP contribution < -0.4 is 0 Å². The van der Waals surface area contributed by atoms with Gasteiger partial charge in [-0.15, -0.1) is 0 Å². The standard InChI is InChI=1S/C9H19NO/c1-4-6-9(3)7-10(5-2)8-11/h8-9H,4-7H2,1-3H3. The zero-order valence-corrected chi connectivity index (χ0v) is 7.84. The maximum atomic E-state index is 10.4. The lowest BCUT2D eigenvalue weighted by molar-refractivity contribution is -0.118. The van der Waals surface area contributed by atoms with Crippen molar-refractivity contribution in [3.63, 3.8) is 0 Å². The molecule has 0 spiro atoms. The van der Waals surface area contributed by atoms with E-state index in [1.807, 2.05) is 11.8 Å². The average molecular weight is 157 g/mol. The Bertz CT molecular complexity index is 104. The van der Waals surface area contributed by atoms with Gasteiger partial charge in [-0.25, -0.2) is 0 Å². The first-order chi connectivity index (χ1) is 5.24. The third kappa shape index (κ3) is 4.82. The molecule has 0 bridgehead atoms. The molecule has 1 amide bonds. The van der Waals surface area contributed by atoms with Crippen molar-refractivity contribution in [1.29, 1.82) is 0 Å². The van der Waals surface area contributed by atoms with Crippen molar-refractivity contribution in [3.8, 4) is 0 Å². The van der Waals surface area contributed by atoms with Crippen molar-refractivity contribution in [2.75, 3.05) is 13.1 Å². The van der Waals surface area contributed by atoms with Gasteiger partial charge in [-0.3, -0.25) is 4.79 Å². The molecule has 0 N–H and O–H groups in total. The van der Waals surface area contributed by atoms with Crippen molar-refractivity contribution in [1.82, 2.24) is 4.90 Å². The molecule has 66 valence electrons. The zero-order chi connectivity index (χ0) is 8.69. The number of carbonyl (C=O) groups excluding carboxylic acids is 1. The molecule has 0 heterocycles. The van der Waals surface area contributed by atoms with Crippen molar-refractivity contribution < 1.29 is 4.79 Å². The van der Waals surface area contributed by atoms with Crippen LogP contribution in [0.2, 0.25) is 0 Å². The van der Waals surface area contributed by atoms with E-state index in [4.69, 9.17) is 0 Å². The van der Waals surface area contributed by atoms with Crippen LogP contribution in [0, 0.1) is 5.92 Å². The Labute approximate surface area is 69.6 Å². The summed E-state index contributed by atoms with van der Waals surface area (Å²) in [6.45, 7) is 8.11. The Kier molecular flexibility index (Phi) is 5.90. The number of amides is 1. The van der Waals surface area contributed by atoms with Gasteiger partial charge in [0, 0.05) is 13.1 Å². The summed E-state index contributed by atoms with van der Waals surface area (Å²) >= 11 is 0. The van der Waals surface area contributed by atoms with E-state index in [0.29, 0.717) is 5.92 Å². The molecule has 0 aromatic heterocycles. The van der Waals surface area contributed by atoms with E-state index in [2.05, 4.69) is 13.8 Å². The number of rotatable bonds is 6. The van der Waals surface area contributed by atoms with Crippen LogP contribution in [0.1, 0.15) is 33.6 Å². The average Bonchev–Trinajstić information content (AvgIpc) is 2.01. The van der Waals surface area contributed by atoms with E-state index in [9.17, 15) is 4.79 Å². The molecule has 11 heavy (non-hydrogen) atoms. The Morgan fingerprint density at radius 2 is 2.09 bits per heavy atom. The summed E-state index contributed by atoms with van der Waals surface area (Å²) in [7, 11) is 0. The monoisotopic (exact) mass is 157 g/mol. The van der Waals surface area contributed by atoms with Gasteiger partial charge in [0.05, 0.1) is 0 Å². The first-order valence-corrected chi connectivity index (χ1v) is 4.43. The van der Waals surface area contributed by atoms with Crippen LogP contribution in [0.4, 0.5) is 0 Å². The van der Waals surface area contributed by atoms with E-state index in [-0.39, 0.29) is 0 Å². The lowest BCUT2D eigenvalue weighted by atomic mass is 10.1. The Hall–Kier alpha value is -0.530. The molecule has 1 unspecified atom stereocenters. The summed E-state index contributed by atoms with van der Waals surface area (Å²) < 4.78 is 0. The summed E-state index contributed by atoms with van der Waals surface area (Å²) in [6, 6.07) is 0. The van der Waals surface area contributed by atoms with Crippen molar-refractivity contribution in [2.45, 2.75) is 33.6 Å². The predicted octanol–water partition coefficient (Wildman–Crippen LogP) is 1.90. The number of hydrogen-bond acceptors (Lipinski definition) is 1. The number of carbonyl (C=O) groups is 1. The van der Waals surface area contributed by atoms with E-state index in [1.54, 1.807) is 0 Å². The molecule has 0 saturated heterocycles. The van der Waals surface area contributed by atoms with Gasteiger partial charge >= 0.3 is 0 Å². The van der Waals surface area contributed by atoms with Gasteiger partial charge in [0.25, 0.3) is 0 Å². The van der Waals surface area contributed by atoms with Gasteiger partial charge in [-0.2, -0.15) is 0 Å². The second-order valence-electron chi connectivity index (χ2n) is 3.09. The third-order valence-corrected chi connectivity index (χ3v) is 1.88. The lowest BCUT2D eigenvalue weighted by Crippen LogP contribution is -2.26. The topological polar surface area (TPSA) is 20.3 Å². The summed E-state index contributed by atoms with van der Waals surface area (Å²) in [5.74, 6) is 0.644. The Morgan fingerprint density at radius 3 is 2.45 bits per heavy atom. The fourth-order valence-corrected chi connectivity index (χ4v) is 1.23. The summed E-state index contributed by atoms with van der Waals surface area (Å²) in [6.07, 6.45) is 3.36. The molecule has 0 aromatic rings. The molecule has 0 rings (SSSR count). The minimum Gasteiger partial charge on any atom is -0.345 e. The van der Waals surface area contributed by atoms with Crippen LogP contribution in [0.5, 0.6) is 0 Å². The van der Waals surface area contributed by atoms with Crippen LogP contribution in [-0.2, 0) is 4.79 Å². The lowest BCUT2D eigenvalue weighted by Gasteiger charge is -2.19. The maximum absolute atomic E-state index is 10.4. The minimum atomic E-state index is 0.644. The smallest absolute Gasteiger partial charge is 0.209 e. The second kappa shape index (κ2) is 6.20. The largest absolute Gasteiger partial charge is 0.345 e. The summed E-state index contributed by atoms with van der Waals surface area (Å²) in [5.41, 5.74) is 0. The van der Waals surface area contributed by atoms with Gasteiger partial charge < -0.3 is 4.90 Å². The Morgan fingerprint density at radius 1 is 1.45 bits per heavy atom. The Balaban J connectivity index is 3.53. The molecular weight excluding hydrogens is 138 g/mol. The van der Waals surface area contributed by atoms with Gasteiger partial charge in [0.2, 0.25) is 6.41 Å². The molecule has 0 aliphatic carbocycles. The van der Waals surface area contributed by atoms with Crippen LogP contribution in [0.25, 0.3) is 0 Å². The van der Waals surface area contributed by atoms with Gasteiger partial charge in [0.1, 0.15) is 0 Å². The predicted molar refractivity (Wildman–Crippen MR) is 47.4 cm³/mol. The quantitative estimate of drug-likeness (QED) is 0.539. The highest BCUT2D eigenvalue weighted by molar-refractivity contribution is 5.46. The molecule has 1 atom stereocenters. The van der Waals surface area contributed by atoms with E-state index in [1.165, 1.54) is 12.8 Å². The van der Waals surface area contributed by atoms with E-state index in [0.717, 1.165) is 19.5 Å². The second-order valence-corrected chi connectivity index (χ2v) is 3.09. The van der Waals surface area contributed by atoms with Gasteiger partial charge in [-0.05, 0) is 19.3 Å². The highest BCUT2D eigenvalue weighted by Gasteiger charge is 2.04. The third-order valence-electron chi connectivity index (χ3n) is 1.88. The molecule has 0 aromatic carbocycles. The molecule has 0 aliphatic heterocycles. The van der Waals surface area contributed by atoms with E-state index < -0.39 is 0 Å². The fraction of sp³-hybridized carbons (Fsp3) is 0.889. The molecule has 0 radical (unpaired) electrons. The highest BCUT2D eigenvalue weighted by atomic mass is 16.1. The summed E-state index contributed by atoms with van der Waals surface area (Å²) in [4.78, 5) is 12.2. The van der Waals surface area contributed by atoms with E-state index >= 15 is 0 Å². The summed E-state index contributed by atoms with van der Waals surface area (Å²) in [5, 5.41) is 0. The molecule has 2 nitrogen and oxygen atoms in total. The van der Waals surface area contributed by atoms with Crippen molar-refractivity contribution >= 4 is 6.41 Å². The maximum Gasteiger partial charge on any atom is 0.209 e. The van der Waals surface area contributed by atoms with Crippen LogP contribution >= 0.6 is 0 Å². The van der Waals surface area contributed by atoms with Crippen molar-refractivity contribution in [2.24, 2.45) is 5.92 Å². The molecule has 0 fully saturated rings. The first kappa shape index (κ1) is 10.5. The van der Waals surface area contributed by atoms with Crippen LogP contribution in [-0.4, -0.2) is 24.4 Å². The highest BCUT2D eigenvalue weighted by Crippen LogP contribution is 2.05.